The molecule has 0 N–H and O–H groups in total. The Kier molecular flexibility index (Phi) is 5.92. The summed E-state index contributed by atoms with van der Waals surface area (Å²) in [6.45, 7) is 5.81. The zero-order valence-corrected chi connectivity index (χ0v) is 21.0. The van der Waals surface area contributed by atoms with E-state index in [1.165, 1.54) is 22.8 Å². The monoisotopic (exact) mass is 501 g/mol. The lowest BCUT2D eigenvalue weighted by molar-refractivity contribution is -0.0673. The molecule has 1 aliphatic heterocycles. The summed E-state index contributed by atoms with van der Waals surface area (Å²) in [5.74, 6) is -1.34. The summed E-state index contributed by atoms with van der Waals surface area (Å²) in [7, 11) is 0. The van der Waals surface area contributed by atoms with Crippen LogP contribution in [-0.2, 0) is 11.3 Å². The normalized spacial score (nSPS) is 23.3. The number of ether oxygens (including phenoxy) is 1. The molecule has 1 spiro atoms. The average molecular weight is 502 g/mol. The minimum absolute atomic E-state index is 0.108. The van der Waals surface area contributed by atoms with Crippen LogP contribution < -0.4 is 0 Å². The van der Waals surface area contributed by atoms with Gasteiger partial charge in [-0.05, 0) is 80.5 Å². The van der Waals surface area contributed by atoms with Crippen LogP contribution in [0.1, 0.15) is 51.0 Å². The molecule has 1 atom stereocenters. The molecular formula is C30H29F2N3O2. The number of nitrogens with zero attached hydrogens (tertiary/aromatic N) is 3. The molecule has 2 fully saturated rings. The molecule has 6 rings (SSSR count). The van der Waals surface area contributed by atoms with E-state index in [0.29, 0.717) is 18.1 Å². The molecule has 3 aromatic rings. The molecule has 1 saturated carbocycles. The largest absolute Gasteiger partial charge is 0.416 e. The molecule has 190 valence electrons. The molecular weight excluding hydrogens is 472 g/mol. The lowest BCUT2D eigenvalue weighted by atomic mass is 9.75. The number of fused-ring (bicyclic) bond motifs is 1. The Bertz CT molecular complexity index is 1420. The molecule has 0 amide bonds. The van der Waals surface area contributed by atoms with Gasteiger partial charge >= 0.3 is 0 Å². The van der Waals surface area contributed by atoms with Gasteiger partial charge in [0.05, 0.1) is 12.1 Å². The lowest BCUT2D eigenvalue weighted by Gasteiger charge is -2.45. The van der Waals surface area contributed by atoms with Gasteiger partial charge < -0.3 is 9.15 Å². The van der Waals surface area contributed by atoms with Gasteiger partial charge in [0.25, 0.3) is 0 Å². The highest BCUT2D eigenvalue weighted by molar-refractivity contribution is 5.72. The van der Waals surface area contributed by atoms with Crippen molar-refractivity contribution in [2.75, 3.05) is 6.61 Å². The second kappa shape index (κ2) is 9.15. The van der Waals surface area contributed by atoms with E-state index >= 15 is 0 Å². The zero-order chi connectivity index (χ0) is 25.6. The van der Waals surface area contributed by atoms with Crippen molar-refractivity contribution in [3.8, 4) is 11.5 Å². The standard InChI is InChI=1S/C30H29F2N3O2/c1-29(2)35(18-20-7-4-3-5-8-20)30(19-36-29)14-13-21-9-6-10-22(15-24(21)17-30)27-33-34-28(37-27)23-11-12-25(31)26(32)16-23/h3-5,7-12,15-16H,6,13-14,17-19H2,1-2H3/t30-/m0/s1. The Morgan fingerprint density at radius 3 is 2.57 bits per heavy atom. The van der Waals surface area contributed by atoms with Gasteiger partial charge in [-0.2, -0.15) is 0 Å². The third-order valence-corrected chi connectivity index (χ3v) is 7.76. The Hall–Kier alpha value is -3.42. The van der Waals surface area contributed by atoms with Gasteiger partial charge in [0.15, 0.2) is 11.6 Å². The number of aromatic nitrogens is 2. The summed E-state index contributed by atoms with van der Waals surface area (Å²) in [4.78, 5) is 2.52. The van der Waals surface area contributed by atoms with Crippen LogP contribution in [0, 0.1) is 11.6 Å². The Labute approximate surface area is 215 Å². The van der Waals surface area contributed by atoms with E-state index in [-0.39, 0.29) is 17.2 Å². The van der Waals surface area contributed by atoms with Crippen LogP contribution in [0.5, 0.6) is 0 Å². The molecule has 5 nitrogen and oxygen atoms in total. The summed E-state index contributed by atoms with van der Waals surface area (Å²) in [6, 6.07) is 14.1. The van der Waals surface area contributed by atoms with Crippen molar-refractivity contribution < 1.29 is 17.9 Å². The zero-order valence-electron chi connectivity index (χ0n) is 21.0. The van der Waals surface area contributed by atoms with Crippen molar-refractivity contribution >= 4 is 5.57 Å². The first-order chi connectivity index (χ1) is 17.8. The molecule has 0 bridgehead atoms. The number of hydrogen-bond donors (Lipinski definition) is 0. The second-order valence-corrected chi connectivity index (χ2v) is 10.5. The quantitative estimate of drug-likeness (QED) is 0.392. The Morgan fingerprint density at radius 1 is 0.946 bits per heavy atom. The first-order valence-electron chi connectivity index (χ1n) is 12.7. The fourth-order valence-corrected chi connectivity index (χ4v) is 5.79. The topological polar surface area (TPSA) is 51.4 Å². The van der Waals surface area contributed by atoms with E-state index in [4.69, 9.17) is 9.15 Å². The van der Waals surface area contributed by atoms with Gasteiger partial charge in [0.1, 0.15) is 5.72 Å². The van der Waals surface area contributed by atoms with E-state index in [2.05, 4.69) is 71.4 Å². The van der Waals surface area contributed by atoms with E-state index in [9.17, 15) is 8.78 Å². The van der Waals surface area contributed by atoms with E-state index in [0.717, 1.165) is 49.9 Å². The molecule has 1 aromatic heterocycles. The number of benzene rings is 2. The summed E-state index contributed by atoms with van der Waals surface area (Å²) in [5.41, 5.74) is 4.58. The highest BCUT2D eigenvalue weighted by atomic mass is 19.2. The van der Waals surface area contributed by atoms with Crippen LogP contribution in [0.25, 0.3) is 17.0 Å². The van der Waals surface area contributed by atoms with E-state index < -0.39 is 11.6 Å². The van der Waals surface area contributed by atoms with Gasteiger partial charge in [0.2, 0.25) is 11.8 Å². The molecule has 7 heteroatoms. The number of allylic oxidation sites excluding steroid dienone is 5. The first-order valence-corrected chi connectivity index (χ1v) is 12.7. The van der Waals surface area contributed by atoms with Crippen molar-refractivity contribution in [2.45, 2.75) is 57.3 Å². The van der Waals surface area contributed by atoms with Crippen molar-refractivity contribution in [1.29, 1.82) is 0 Å². The van der Waals surface area contributed by atoms with E-state index in [1.54, 1.807) is 0 Å². The molecule has 0 unspecified atom stereocenters. The molecule has 2 aromatic carbocycles. The van der Waals surface area contributed by atoms with Crippen LogP contribution in [-0.4, -0.2) is 33.0 Å². The van der Waals surface area contributed by atoms with Gasteiger partial charge in [0, 0.05) is 17.7 Å². The maximum absolute atomic E-state index is 13.7. The van der Waals surface area contributed by atoms with Crippen molar-refractivity contribution in [1.82, 2.24) is 15.1 Å². The van der Waals surface area contributed by atoms with Crippen molar-refractivity contribution in [3.63, 3.8) is 0 Å². The third kappa shape index (κ3) is 4.47. The summed E-state index contributed by atoms with van der Waals surface area (Å²) < 4.78 is 39.4. The summed E-state index contributed by atoms with van der Waals surface area (Å²) >= 11 is 0. The fourth-order valence-electron chi connectivity index (χ4n) is 5.79. The maximum atomic E-state index is 13.7. The minimum atomic E-state index is -0.948. The SMILES string of the molecule is CC1(C)OC[C@@]2(CCC3=CCC=C(c4nnc(-c5ccc(F)c(F)c5)o4)C=C3C2)N1Cc1ccccc1. The molecule has 1 saturated heterocycles. The molecule has 37 heavy (non-hydrogen) atoms. The van der Waals surface area contributed by atoms with Crippen LogP contribution in [0.15, 0.2) is 82.3 Å². The van der Waals surface area contributed by atoms with Gasteiger partial charge in [-0.1, -0.05) is 42.5 Å². The second-order valence-electron chi connectivity index (χ2n) is 10.5. The predicted molar refractivity (Wildman–Crippen MR) is 137 cm³/mol. The summed E-state index contributed by atoms with van der Waals surface area (Å²) in [6.07, 6.45) is 10.1. The minimum Gasteiger partial charge on any atom is -0.416 e. The van der Waals surface area contributed by atoms with Crippen LogP contribution in [0.4, 0.5) is 8.78 Å². The van der Waals surface area contributed by atoms with Gasteiger partial charge in [-0.25, -0.2) is 8.78 Å². The van der Waals surface area contributed by atoms with Crippen molar-refractivity contribution in [2.24, 2.45) is 0 Å². The Balaban J connectivity index is 1.29. The van der Waals surface area contributed by atoms with Gasteiger partial charge in [-0.15, -0.1) is 10.2 Å². The predicted octanol–water partition coefficient (Wildman–Crippen LogP) is 6.85. The Morgan fingerprint density at radius 2 is 1.76 bits per heavy atom. The number of halogens is 2. The van der Waals surface area contributed by atoms with Crippen LogP contribution in [0.3, 0.4) is 0 Å². The highest BCUT2D eigenvalue weighted by Gasteiger charge is 2.52. The maximum Gasteiger partial charge on any atom is 0.248 e. The first kappa shape index (κ1) is 23.9. The lowest BCUT2D eigenvalue weighted by Crippen LogP contribution is -2.53. The molecule has 0 radical (unpaired) electrons. The van der Waals surface area contributed by atoms with Crippen LogP contribution in [0.2, 0.25) is 0 Å². The van der Waals surface area contributed by atoms with E-state index in [1.807, 2.05) is 6.07 Å². The average Bonchev–Trinajstić information content (AvgIpc) is 3.39. The molecule has 3 aliphatic rings. The third-order valence-electron chi connectivity index (χ3n) is 7.76. The highest BCUT2D eigenvalue weighted by Crippen LogP contribution is 2.49. The molecule has 2 aliphatic carbocycles. The number of rotatable bonds is 4. The van der Waals surface area contributed by atoms with Gasteiger partial charge in [-0.3, -0.25) is 4.90 Å². The smallest absolute Gasteiger partial charge is 0.248 e. The summed E-state index contributed by atoms with van der Waals surface area (Å²) in [5, 5.41) is 8.32. The number of hydrogen-bond acceptors (Lipinski definition) is 5. The molecule has 2 heterocycles. The fraction of sp³-hybridized carbons (Fsp3) is 0.333. The van der Waals surface area contributed by atoms with Crippen LogP contribution >= 0.6 is 0 Å². The van der Waals surface area contributed by atoms with Crippen molar-refractivity contribution in [3.05, 3.63) is 101 Å².